The second-order valence-electron chi connectivity index (χ2n) is 12.8. The van der Waals surface area contributed by atoms with E-state index in [4.69, 9.17) is 4.42 Å². The number of benzene rings is 6. The quantitative estimate of drug-likeness (QED) is 0.0435. The van der Waals surface area contributed by atoms with Crippen LogP contribution in [0.4, 0.5) is 17.1 Å². The lowest BCUT2D eigenvalue weighted by Gasteiger charge is -2.24. The van der Waals surface area contributed by atoms with Crippen molar-refractivity contribution in [2.45, 2.75) is 37.0 Å². The van der Waals surface area contributed by atoms with Crippen LogP contribution in [0.2, 0.25) is 0 Å². The fraction of sp³-hybridized carbons (Fsp3) is 0.159. The molecule has 52 heavy (non-hydrogen) atoms. The molecule has 0 bridgehead atoms. The van der Waals surface area contributed by atoms with Gasteiger partial charge in [-0.15, -0.1) is 11.8 Å². The second-order valence-corrected chi connectivity index (χ2v) is 15.3. The molecule has 7 rings (SSSR count). The average molecular weight is 725 g/mol. The van der Waals surface area contributed by atoms with Crippen molar-refractivity contribution in [2.24, 2.45) is 0 Å². The molecule has 5 aromatic rings. The highest BCUT2D eigenvalue weighted by molar-refractivity contribution is 7.99. The summed E-state index contributed by atoms with van der Waals surface area (Å²) in [5.41, 5.74) is 7.78. The maximum Gasteiger partial charge on any atom is 0.211 e. The highest BCUT2D eigenvalue weighted by Crippen LogP contribution is 2.43. The van der Waals surface area contributed by atoms with E-state index in [1.165, 1.54) is 22.1 Å². The largest absolute Gasteiger partial charge is 0.744 e. The molecule has 0 unspecified atom stereocenters. The number of aryl methyl sites for hydroxylation is 2. The Bertz CT molecular complexity index is 2490. The molecule has 0 amide bonds. The van der Waals surface area contributed by atoms with Crippen LogP contribution in [0.15, 0.2) is 154 Å². The van der Waals surface area contributed by atoms with Crippen molar-refractivity contribution in [3.8, 4) is 22.5 Å². The summed E-state index contributed by atoms with van der Waals surface area (Å²) < 4.78 is 47.0. The summed E-state index contributed by atoms with van der Waals surface area (Å²) >= 11 is 1.85. The maximum atomic E-state index is 12.6. The molecule has 0 spiro atoms. The van der Waals surface area contributed by atoms with Gasteiger partial charge in [0.05, 0.1) is 11.0 Å². The van der Waals surface area contributed by atoms with E-state index in [-0.39, 0.29) is 4.90 Å². The zero-order chi connectivity index (χ0) is 36.2. The van der Waals surface area contributed by atoms with Gasteiger partial charge in [-0.1, -0.05) is 72.8 Å². The van der Waals surface area contributed by atoms with E-state index in [0.717, 1.165) is 53.2 Å². The van der Waals surface area contributed by atoms with Crippen LogP contribution >= 0.6 is 11.8 Å². The van der Waals surface area contributed by atoms with E-state index in [9.17, 15) is 13.0 Å². The third-order valence-corrected chi connectivity index (χ3v) is 11.4. The summed E-state index contributed by atoms with van der Waals surface area (Å²) in [4.78, 5) is 3.18. The first-order valence-electron chi connectivity index (χ1n) is 17.5. The van der Waals surface area contributed by atoms with E-state index in [2.05, 4.69) is 90.9 Å². The number of nitrogens with zero attached hydrogens (tertiary/aromatic N) is 2. The van der Waals surface area contributed by atoms with Crippen LogP contribution in [0.1, 0.15) is 24.5 Å². The number of fused-ring (bicyclic) bond motifs is 2. The molecule has 8 heteroatoms. The van der Waals surface area contributed by atoms with Gasteiger partial charge in [-0.2, -0.15) is 4.58 Å². The Balaban J connectivity index is 1.46. The molecule has 0 atom stereocenters. The Labute approximate surface area is 309 Å². The van der Waals surface area contributed by atoms with Crippen molar-refractivity contribution >= 4 is 49.9 Å². The molecule has 2 aliphatic rings. The van der Waals surface area contributed by atoms with Gasteiger partial charge in [-0.05, 0) is 69.3 Å². The van der Waals surface area contributed by atoms with E-state index in [0.29, 0.717) is 27.9 Å². The zero-order valence-electron chi connectivity index (χ0n) is 29.5. The van der Waals surface area contributed by atoms with Gasteiger partial charge >= 0.3 is 0 Å². The highest BCUT2D eigenvalue weighted by Gasteiger charge is 2.24. The molecule has 0 saturated carbocycles. The molecule has 5 aromatic carbocycles. The molecule has 262 valence electrons. The molecule has 6 nitrogen and oxygen atoms in total. The van der Waals surface area contributed by atoms with Crippen molar-refractivity contribution in [3.63, 3.8) is 0 Å². The number of hydrogen-bond donors (Lipinski definition) is 0. The van der Waals surface area contributed by atoms with E-state index < -0.39 is 10.1 Å². The number of para-hydroxylation sites is 2. The van der Waals surface area contributed by atoms with Gasteiger partial charge in [-0.3, -0.25) is 0 Å². The van der Waals surface area contributed by atoms with Crippen LogP contribution in [-0.4, -0.2) is 31.8 Å². The van der Waals surface area contributed by atoms with Gasteiger partial charge in [0.25, 0.3) is 0 Å². The summed E-state index contributed by atoms with van der Waals surface area (Å²) in [6.45, 7) is 7.88. The number of hydrogen-bond acceptors (Lipinski definition) is 6. The summed E-state index contributed by atoms with van der Waals surface area (Å²) in [6, 6.07) is 45.5. The van der Waals surface area contributed by atoms with Crippen molar-refractivity contribution < 1.29 is 17.4 Å². The predicted molar refractivity (Wildman–Crippen MR) is 213 cm³/mol. The van der Waals surface area contributed by atoms with Crippen LogP contribution in [0.5, 0.6) is 0 Å². The summed E-state index contributed by atoms with van der Waals surface area (Å²) in [6.07, 6.45) is 0.940. The molecule has 0 saturated heterocycles. The first-order chi connectivity index (χ1) is 25.2. The molecule has 1 heterocycles. The molecule has 0 aromatic heterocycles. The highest BCUT2D eigenvalue weighted by atomic mass is 32.2. The average Bonchev–Trinajstić information content (AvgIpc) is 3.15. The van der Waals surface area contributed by atoms with Gasteiger partial charge in [0.2, 0.25) is 11.0 Å². The Hall–Kier alpha value is -5.15. The van der Waals surface area contributed by atoms with E-state index in [1.807, 2.05) is 66.4 Å². The summed E-state index contributed by atoms with van der Waals surface area (Å²) in [7, 11) is -4.78. The molecular weight excluding hydrogens is 685 g/mol. The lowest BCUT2D eigenvalue weighted by molar-refractivity contribution is 0.463. The minimum Gasteiger partial charge on any atom is -0.744 e. The molecule has 0 fully saturated rings. The summed E-state index contributed by atoms with van der Waals surface area (Å²) in [5, 5.41) is 1.68. The number of thioether (sulfide) groups is 1. The SMILES string of the molecule is CCN(c1ccccc1)c1ccc2c(-c3ccccc3S(=O)(=O)[O-])c3ccc(=[N+](CCCSc4ccccc4)c4c(C)cccc4C)cc-3oc2c1. The monoisotopic (exact) mass is 724 g/mol. The number of anilines is 2. The fourth-order valence-corrected chi connectivity index (χ4v) is 8.58. The zero-order valence-corrected chi connectivity index (χ0v) is 31.1. The number of rotatable bonds is 11. The Morgan fingerprint density at radius 1 is 0.731 bits per heavy atom. The van der Waals surface area contributed by atoms with Crippen LogP contribution < -0.4 is 14.8 Å². The lowest BCUT2D eigenvalue weighted by Crippen LogP contribution is -2.28. The van der Waals surface area contributed by atoms with Crippen LogP contribution in [-0.2, 0) is 10.1 Å². The standard InChI is InChI=1S/C44H40N2O4S2/c1-4-45(33-17-7-5-8-18-33)34-23-25-37-40(29-34)50-41-30-35(24-26-38(41)43(37)39-21-11-12-22-42(39)52(47,48)49)46(44-31(2)15-13-16-32(44)3)27-14-28-51-36-19-9-6-10-20-36/h5-13,15-26,29-30H,4,14,27-28H2,1-3H3. The molecular formula is C44H40N2O4S2. The van der Waals surface area contributed by atoms with Crippen molar-refractivity contribution in [1.29, 1.82) is 0 Å². The van der Waals surface area contributed by atoms with Crippen molar-refractivity contribution in [1.82, 2.24) is 4.58 Å². The first kappa shape index (κ1) is 35.3. The molecule has 1 aliphatic heterocycles. The van der Waals surface area contributed by atoms with E-state index in [1.54, 1.807) is 18.2 Å². The molecule has 1 aliphatic carbocycles. The van der Waals surface area contributed by atoms with Gasteiger partial charge in [0, 0.05) is 80.3 Å². The van der Waals surface area contributed by atoms with Gasteiger partial charge in [0.1, 0.15) is 28.0 Å². The Morgan fingerprint density at radius 2 is 1.42 bits per heavy atom. The second kappa shape index (κ2) is 15.2. The van der Waals surface area contributed by atoms with Gasteiger partial charge < -0.3 is 13.9 Å². The van der Waals surface area contributed by atoms with Crippen LogP contribution in [0.3, 0.4) is 0 Å². The van der Waals surface area contributed by atoms with E-state index >= 15 is 0 Å². The topological polar surface area (TPSA) is 76.6 Å². The Kier molecular flexibility index (Phi) is 10.3. The fourth-order valence-electron chi connectivity index (χ4n) is 7.04. The molecule has 0 N–H and O–H groups in total. The van der Waals surface area contributed by atoms with Crippen LogP contribution in [0.25, 0.3) is 33.4 Å². The van der Waals surface area contributed by atoms with Gasteiger partial charge in [0.15, 0.2) is 0 Å². The third-order valence-electron chi connectivity index (χ3n) is 9.37. The first-order valence-corrected chi connectivity index (χ1v) is 19.9. The minimum atomic E-state index is -4.78. The normalized spacial score (nSPS) is 12.3. The lowest BCUT2D eigenvalue weighted by atomic mass is 9.93. The smallest absolute Gasteiger partial charge is 0.211 e. The van der Waals surface area contributed by atoms with Crippen molar-refractivity contribution in [3.05, 3.63) is 156 Å². The molecule has 0 radical (unpaired) electrons. The minimum absolute atomic E-state index is 0.260. The summed E-state index contributed by atoms with van der Waals surface area (Å²) in [5.74, 6) is 1.55. The predicted octanol–water partition coefficient (Wildman–Crippen LogP) is 10.2. The third kappa shape index (κ3) is 7.28. The van der Waals surface area contributed by atoms with Gasteiger partial charge in [-0.25, -0.2) is 8.42 Å². The Morgan fingerprint density at radius 3 is 2.13 bits per heavy atom. The maximum absolute atomic E-state index is 12.6. The van der Waals surface area contributed by atoms with Crippen LogP contribution in [0, 0.1) is 13.8 Å². The van der Waals surface area contributed by atoms with Crippen molar-refractivity contribution in [2.75, 3.05) is 23.7 Å².